The van der Waals surface area contributed by atoms with Gasteiger partial charge in [-0.3, -0.25) is 9.89 Å². The molecule has 1 aromatic heterocycles. The van der Waals surface area contributed by atoms with Crippen LogP contribution in [0.4, 0.5) is 5.00 Å². The number of benzene rings is 1. The highest BCUT2D eigenvalue weighted by Crippen LogP contribution is 2.22. The number of hydrogen-bond acceptors (Lipinski definition) is 5. The van der Waals surface area contributed by atoms with E-state index in [1.54, 1.807) is 0 Å². The highest BCUT2D eigenvalue weighted by Gasteiger charge is 2.20. The Balaban J connectivity index is 0.00000256. The number of aliphatic imine (C=N–C) groups is 1. The highest BCUT2D eigenvalue weighted by atomic mass is 127. The zero-order chi connectivity index (χ0) is 19.9. The van der Waals surface area contributed by atoms with Gasteiger partial charge in [0.1, 0.15) is 0 Å². The molecule has 4 rings (SSSR count). The van der Waals surface area contributed by atoms with E-state index in [-0.39, 0.29) is 24.0 Å². The van der Waals surface area contributed by atoms with Crippen LogP contribution in [0.15, 0.2) is 46.8 Å². The van der Waals surface area contributed by atoms with E-state index >= 15 is 0 Å². The van der Waals surface area contributed by atoms with E-state index in [1.807, 2.05) is 18.4 Å². The summed E-state index contributed by atoms with van der Waals surface area (Å²) in [5.41, 5.74) is 2.67. The summed E-state index contributed by atoms with van der Waals surface area (Å²) in [7, 11) is 1.88. The van der Waals surface area contributed by atoms with E-state index in [4.69, 9.17) is 4.74 Å². The van der Waals surface area contributed by atoms with E-state index in [9.17, 15) is 0 Å². The fourth-order valence-electron chi connectivity index (χ4n) is 3.96. The Bertz CT molecular complexity index is 787. The monoisotopic (exact) mass is 541 g/mol. The Morgan fingerprint density at radius 2 is 1.80 bits per heavy atom. The normalized spacial score (nSPS) is 18.2. The van der Waals surface area contributed by atoms with Crippen molar-refractivity contribution in [3.8, 4) is 0 Å². The van der Waals surface area contributed by atoms with Gasteiger partial charge in [-0.05, 0) is 28.6 Å². The number of guanidine groups is 1. The molecule has 3 heterocycles. The lowest BCUT2D eigenvalue weighted by atomic mass is 10.1. The first-order valence-corrected chi connectivity index (χ1v) is 11.3. The van der Waals surface area contributed by atoms with Gasteiger partial charge in [0.05, 0.1) is 18.2 Å². The van der Waals surface area contributed by atoms with Crippen LogP contribution in [0.5, 0.6) is 0 Å². The number of ether oxygens (including phenoxy) is 1. The summed E-state index contributed by atoms with van der Waals surface area (Å²) in [4.78, 5) is 11.8. The first-order valence-electron chi connectivity index (χ1n) is 10.4. The van der Waals surface area contributed by atoms with Gasteiger partial charge in [0, 0.05) is 59.4 Å². The minimum atomic E-state index is 0. The maximum Gasteiger partial charge on any atom is 0.194 e. The molecule has 0 radical (unpaired) electrons. The van der Waals surface area contributed by atoms with Gasteiger partial charge in [-0.1, -0.05) is 24.3 Å². The van der Waals surface area contributed by atoms with Crippen LogP contribution >= 0.6 is 35.3 Å². The third-order valence-electron chi connectivity index (χ3n) is 5.56. The van der Waals surface area contributed by atoms with Crippen molar-refractivity contribution in [2.75, 3.05) is 64.4 Å². The number of halogens is 1. The lowest BCUT2D eigenvalue weighted by molar-refractivity contribution is 0.0342. The summed E-state index contributed by atoms with van der Waals surface area (Å²) < 4.78 is 5.45. The minimum absolute atomic E-state index is 0. The van der Waals surface area contributed by atoms with Crippen molar-refractivity contribution in [2.45, 2.75) is 13.1 Å². The summed E-state index contributed by atoms with van der Waals surface area (Å²) >= 11 is 1.82. The largest absolute Gasteiger partial charge is 0.379 e. The molecule has 0 bridgehead atoms. The molecule has 1 aromatic carbocycles. The summed E-state index contributed by atoms with van der Waals surface area (Å²) in [6.07, 6.45) is 0. The number of rotatable bonds is 5. The molecule has 164 valence electrons. The molecule has 0 atom stereocenters. The number of anilines is 1. The van der Waals surface area contributed by atoms with E-state index in [1.165, 1.54) is 16.1 Å². The number of morpholine rings is 1. The Kier molecular flexibility index (Phi) is 9.23. The number of hydrogen-bond donors (Lipinski definition) is 1. The van der Waals surface area contributed by atoms with Gasteiger partial charge >= 0.3 is 0 Å². The minimum Gasteiger partial charge on any atom is -0.379 e. The maximum atomic E-state index is 5.45. The zero-order valence-corrected chi connectivity index (χ0v) is 20.8. The van der Waals surface area contributed by atoms with Gasteiger partial charge in [0.15, 0.2) is 5.96 Å². The number of nitrogens with zero attached hydrogens (tertiary/aromatic N) is 4. The summed E-state index contributed by atoms with van der Waals surface area (Å²) in [6, 6.07) is 13.2. The summed E-state index contributed by atoms with van der Waals surface area (Å²) in [5.74, 6) is 0.995. The molecule has 2 fully saturated rings. The van der Waals surface area contributed by atoms with Crippen LogP contribution in [-0.2, 0) is 17.8 Å². The molecule has 30 heavy (non-hydrogen) atoms. The Morgan fingerprint density at radius 3 is 2.50 bits per heavy atom. The first kappa shape index (κ1) is 23.3. The number of piperazine rings is 1. The van der Waals surface area contributed by atoms with Crippen LogP contribution in [0, 0.1) is 0 Å². The van der Waals surface area contributed by atoms with Gasteiger partial charge in [0.2, 0.25) is 0 Å². The molecule has 2 aromatic rings. The van der Waals surface area contributed by atoms with Crippen molar-refractivity contribution in [3.63, 3.8) is 0 Å². The second kappa shape index (κ2) is 11.9. The lowest BCUT2D eigenvalue weighted by Gasteiger charge is -2.37. The molecule has 0 saturated carbocycles. The van der Waals surface area contributed by atoms with Crippen molar-refractivity contribution >= 4 is 46.3 Å². The predicted molar refractivity (Wildman–Crippen MR) is 136 cm³/mol. The van der Waals surface area contributed by atoms with Crippen LogP contribution in [0.3, 0.4) is 0 Å². The van der Waals surface area contributed by atoms with Crippen LogP contribution < -0.4 is 10.2 Å². The molecular weight excluding hydrogens is 509 g/mol. The molecule has 2 aliphatic rings. The SMILES string of the molecule is CN=C(NCc1cccc(CN2CCOCC2)c1)N1CCN(c2cccs2)CC1.I. The fraction of sp³-hybridized carbons (Fsp3) is 0.500. The third kappa shape index (κ3) is 6.32. The molecule has 2 aliphatic heterocycles. The van der Waals surface area contributed by atoms with E-state index in [0.29, 0.717) is 0 Å². The smallest absolute Gasteiger partial charge is 0.194 e. The summed E-state index contributed by atoms with van der Waals surface area (Å²) in [6.45, 7) is 9.59. The van der Waals surface area contributed by atoms with Crippen molar-refractivity contribution in [3.05, 3.63) is 52.9 Å². The average molecular weight is 542 g/mol. The van der Waals surface area contributed by atoms with Crippen molar-refractivity contribution in [1.29, 1.82) is 0 Å². The quantitative estimate of drug-likeness (QED) is 0.358. The standard InChI is InChI=1S/C22H31N5OS.HI/c1-23-22(27-9-7-26(8-10-27)21-6-3-15-29-21)24-17-19-4-2-5-20(16-19)18-25-11-13-28-14-12-25;/h2-6,15-16H,7-14,17-18H2,1H3,(H,23,24);1H. The number of nitrogens with one attached hydrogen (secondary N) is 1. The molecule has 0 unspecified atom stereocenters. The van der Waals surface area contributed by atoms with E-state index in [0.717, 1.165) is 71.5 Å². The zero-order valence-electron chi connectivity index (χ0n) is 17.6. The van der Waals surface area contributed by atoms with Crippen LogP contribution in [-0.4, -0.2) is 75.3 Å². The van der Waals surface area contributed by atoms with E-state index < -0.39 is 0 Å². The van der Waals surface area contributed by atoms with E-state index in [2.05, 4.69) is 66.8 Å². The molecular formula is C22H32IN5OS. The van der Waals surface area contributed by atoms with Crippen molar-refractivity contribution in [1.82, 2.24) is 15.1 Å². The molecule has 2 saturated heterocycles. The van der Waals surface area contributed by atoms with Gasteiger partial charge in [-0.15, -0.1) is 35.3 Å². The molecule has 1 N–H and O–H groups in total. The summed E-state index contributed by atoms with van der Waals surface area (Å²) in [5, 5.41) is 7.08. The molecule has 8 heteroatoms. The lowest BCUT2D eigenvalue weighted by Crippen LogP contribution is -2.52. The van der Waals surface area contributed by atoms with Gasteiger partial charge < -0.3 is 19.9 Å². The molecule has 0 spiro atoms. The predicted octanol–water partition coefficient (Wildman–Crippen LogP) is 3.10. The maximum absolute atomic E-state index is 5.45. The van der Waals surface area contributed by atoms with Gasteiger partial charge in [0.25, 0.3) is 0 Å². The Hall–Kier alpha value is -1.36. The molecule has 0 amide bonds. The van der Waals surface area contributed by atoms with Gasteiger partial charge in [-0.2, -0.15) is 0 Å². The van der Waals surface area contributed by atoms with Crippen LogP contribution in [0.1, 0.15) is 11.1 Å². The molecule has 0 aliphatic carbocycles. The van der Waals surface area contributed by atoms with Crippen molar-refractivity contribution in [2.24, 2.45) is 4.99 Å². The fourth-order valence-corrected chi connectivity index (χ4v) is 4.74. The highest BCUT2D eigenvalue weighted by molar-refractivity contribution is 14.0. The third-order valence-corrected chi connectivity index (χ3v) is 6.49. The van der Waals surface area contributed by atoms with Gasteiger partial charge in [-0.25, -0.2) is 0 Å². The second-order valence-corrected chi connectivity index (χ2v) is 8.46. The Labute approximate surface area is 200 Å². The number of thiophene rings is 1. The first-order chi connectivity index (χ1) is 14.3. The molecule has 6 nitrogen and oxygen atoms in total. The average Bonchev–Trinajstić information content (AvgIpc) is 3.31. The second-order valence-electron chi connectivity index (χ2n) is 7.53. The van der Waals surface area contributed by atoms with Crippen LogP contribution in [0.25, 0.3) is 0 Å². The Morgan fingerprint density at radius 1 is 1.03 bits per heavy atom. The van der Waals surface area contributed by atoms with Crippen LogP contribution in [0.2, 0.25) is 0 Å². The topological polar surface area (TPSA) is 43.3 Å². The van der Waals surface area contributed by atoms with Crippen molar-refractivity contribution < 1.29 is 4.74 Å².